The summed E-state index contributed by atoms with van der Waals surface area (Å²) in [6.07, 6.45) is 0. The lowest BCUT2D eigenvalue weighted by atomic mass is 10.6. The minimum Gasteiger partial charge on any atom is -0.463 e. The third-order valence-corrected chi connectivity index (χ3v) is 2.24. The Morgan fingerprint density at radius 3 is 3.06 bits per heavy atom. The number of hydrogen-bond acceptors (Lipinski definition) is 6. The lowest BCUT2D eigenvalue weighted by molar-refractivity contribution is -0.145. The van der Waals surface area contributed by atoms with Crippen LogP contribution in [0.2, 0.25) is 0 Å². The molecule has 3 N–H and O–H groups in total. The molecule has 0 spiro atoms. The number of anilines is 1. The number of thioether (sulfide) groups is 1. The fraction of sp³-hybridized carbons (Fsp3) is 0.375. The molecule has 1 unspecified atom stereocenters. The molecule has 8 heteroatoms. The number of alkyl halides is 1. The average Bonchev–Trinajstić information content (AvgIpc) is 2.16. The number of halogens is 1. The van der Waals surface area contributed by atoms with Gasteiger partial charge in [-0.3, -0.25) is 4.79 Å². The van der Waals surface area contributed by atoms with Gasteiger partial charge in [0.15, 0.2) is 5.16 Å². The molecule has 0 aliphatic rings. The van der Waals surface area contributed by atoms with E-state index in [1.165, 1.54) is 0 Å². The van der Waals surface area contributed by atoms with Gasteiger partial charge in [0.25, 0.3) is 5.56 Å². The number of ether oxygens (including phenoxy) is 1. The van der Waals surface area contributed by atoms with Crippen molar-refractivity contribution in [1.29, 1.82) is 0 Å². The van der Waals surface area contributed by atoms with Crippen molar-refractivity contribution in [3.63, 3.8) is 0 Å². The summed E-state index contributed by atoms with van der Waals surface area (Å²) in [4.78, 5) is 27.8. The van der Waals surface area contributed by atoms with Gasteiger partial charge in [-0.2, -0.15) is 0 Å². The van der Waals surface area contributed by atoms with Crippen molar-refractivity contribution in [3.05, 3.63) is 16.4 Å². The molecule has 0 saturated carbocycles. The maximum atomic E-state index is 13.2. The maximum absolute atomic E-state index is 13.2. The Hall–Kier alpha value is -1.57. The van der Waals surface area contributed by atoms with Crippen LogP contribution < -0.4 is 11.3 Å². The van der Waals surface area contributed by atoms with Crippen LogP contribution in [0.15, 0.2) is 16.0 Å². The summed E-state index contributed by atoms with van der Waals surface area (Å²) >= 11 is 0.432. The minimum absolute atomic E-state index is 0.0395. The highest BCUT2D eigenvalue weighted by Crippen LogP contribution is 2.21. The van der Waals surface area contributed by atoms with E-state index in [1.54, 1.807) is 6.92 Å². The number of carbonyl (C=O) groups is 1. The monoisotopic (exact) mass is 247 g/mol. The van der Waals surface area contributed by atoms with E-state index in [9.17, 15) is 14.0 Å². The van der Waals surface area contributed by atoms with Gasteiger partial charge in [-0.1, -0.05) is 0 Å². The average molecular weight is 247 g/mol. The van der Waals surface area contributed by atoms with Crippen LogP contribution in [0.25, 0.3) is 0 Å². The van der Waals surface area contributed by atoms with Gasteiger partial charge in [-0.15, -0.1) is 0 Å². The second-order valence-corrected chi connectivity index (χ2v) is 3.70. The van der Waals surface area contributed by atoms with Crippen LogP contribution in [0, 0.1) is 0 Å². The predicted octanol–water partition coefficient (Wildman–Crippen LogP) is 0.303. The number of carbonyl (C=O) groups excluding carboxylic acids is 1. The molecular formula is C8H10FN3O3S. The van der Waals surface area contributed by atoms with Gasteiger partial charge >= 0.3 is 5.97 Å². The number of nitrogens with zero attached hydrogens (tertiary/aromatic N) is 1. The molecule has 0 radical (unpaired) electrons. The van der Waals surface area contributed by atoms with E-state index in [1.807, 2.05) is 0 Å². The number of hydrogen-bond donors (Lipinski definition) is 2. The van der Waals surface area contributed by atoms with Crippen molar-refractivity contribution >= 4 is 23.5 Å². The molecule has 0 saturated heterocycles. The number of nitrogen functional groups attached to an aromatic ring is 1. The van der Waals surface area contributed by atoms with Crippen LogP contribution in [0.1, 0.15) is 6.92 Å². The topological polar surface area (TPSA) is 98.1 Å². The summed E-state index contributed by atoms with van der Waals surface area (Å²) in [5.74, 6) is -1.06. The molecule has 1 rings (SSSR count). The van der Waals surface area contributed by atoms with Crippen LogP contribution >= 0.6 is 11.8 Å². The van der Waals surface area contributed by atoms with Gasteiger partial charge in [0, 0.05) is 6.07 Å². The van der Waals surface area contributed by atoms with Crippen molar-refractivity contribution in [2.75, 3.05) is 12.3 Å². The van der Waals surface area contributed by atoms with Crippen molar-refractivity contribution in [2.24, 2.45) is 0 Å². The number of esters is 1. The Morgan fingerprint density at radius 2 is 2.50 bits per heavy atom. The lowest BCUT2D eigenvalue weighted by Crippen LogP contribution is -2.17. The number of aromatic amines is 1. The van der Waals surface area contributed by atoms with E-state index in [4.69, 9.17) is 5.73 Å². The zero-order valence-electron chi connectivity index (χ0n) is 8.40. The Kier molecular flexibility index (Phi) is 4.29. The Balaban J connectivity index is 2.72. The van der Waals surface area contributed by atoms with Crippen molar-refractivity contribution in [3.8, 4) is 0 Å². The lowest BCUT2D eigenvalue weighted by Gasteiger charge is -2.06. The highest BCUT2D eigenvalue weighted by atomic mass is 32.2. The second-order valence-electron chi connectivity index (χ2n) is 2.66. The van der Waals surface area contributed by atoms with E-state index in [2.05, 4.69) is 14.7 Å². The Bertz CT molecular complexity index is 437. The molecule has 1 aromatic heterocycles. The van der Waals surface area contributed by atoms with E-state index < -0.39 is 17.0 Å². The summed E-state index contributed by atoms with van der Waals surface area (Å²) in [6, 6.07) is 1.06. The summed E-state index contributed by atoms with van der Waals surface area (Å²) in [7, 11) is 0. The molecule has 88 valence electrons. The van der Waals surface area contributed by atoms with Gasteiger partial charge in [0.2, 0.25) is 5.50 Å². The fourth-order valence-electron chi connectivity index (χ4n) is 0.863. The fourth-order valence-corrected chi connectivity index (χ4v) is 1.54. The zero-order valence-corrected chi connectivity index (χ0v) is 9.21. The minimum atomic E-state index is -1.94. The third-order valence-electron chi connectivity index (χ3n) is 1.43. The first-order chi connectivity index (χ1) is 7.52. The summed E-state index contributed by atoms with van der Waals surface area (Å²) < 4.78 is 17.7. The molecule has 1 aromatic rings. The molecule has 16 heavy (non-hydrogen) atoms. The smallest absolute Gasteiger partial charge is 0.351 e. The van der Waals surface area contributed by atoms with Crippen LogP contribution in [0.3, 0.4) is 0 Å². The molecule has 0 bridgehead atoms. The van der Waals surface area contributed by atoms with Crippen LogP contribution in [-0.2, 0) is 9.53 Å². The highest BCUT2D eigenvalue weighted by molar-refractivity contribution is 8.00. The molecular weight excluding hydrogens is 237 g/mol. The van der Waals surface area contributed by atoms with E-state index >= 15 is 0 Å². The zero-order chi connectivity index (χ0) is 12.1. The first kappa shape index (κ1) is 12.5. The van der Waals surface area contributed by atoms with Crippen LogP contribution in [-0.4, -0.2) is 28.0 Å². The SMILES string of the molecule is CCOC(=O)C(F)Sc1nc(N)cc(=O)[nH]1. The van der Waals surface area contributed by atoms with E-state index in [0.29, 0.717) is 11.8 Å². The van der Waals surface area contributed by atoms with Crippen LogP contribution in [0.5, 0.6) is 0 Å². The maximum Gasteiger partial charge on any atom is 0.351 e. The van der Waals surface area contributed by atoms with Gasteiger partial charge in [0.1, 0.15) is 5.82 Å². The number of H-pyrrole nitrogens is 1. The molecule has 1 heterocycles. The van der Waals surface area contributed by atoms with Crippen molar-refractivity contribution in [2.45, 2.75) is 17.6 Å². The molecule has 0 aliphatic heterocycles. The summed E-state index contributed by atoms with van der Waals surface area (Å²) in [5.41, 5.74) is 2.84. The molecule has 0 amide bonds. The Morgan fingerprint density at radius 1 is 1.81 bits per heavy atom. The summed E-state index contributed by atoms with van der Waals surface area (Å²) in [6.45, 7) is 1.65. The van der Waals surface area contributed by atoms with Gasteiger partial charge in [-0.05, 0) is 18.7 Å². The standard InChI is InChI=1S/C8H10FN3O3S/c1-2-15-7(14)6(9)16-8-11-4(10)3-5(13)12-8/h3,6H,2H2,1H3,(H3,10,11,12,13). The number of nitrogens with two attached hydrogens (primary N) is 1. The van der Waals surface area contributed by atoms with Crippen LogP contribution in [0.4, 0.5) is 10.2 Å². The molecule has 6 nitrogen and oxygen atoms in total. The van der Waals surface area contributed by atoms with Gasteiger partial charge < -0.3 is 15.5 Å². The van der Waals surface area contributed by atoms with Crippen molar-refractivity contribution in [1.82, 2.24) is 9.97 Å². The molecule has 0 fully saturated rings. The number of aromatic nitrogens is 2. The van der Waals surface area contributed by atoms with E-state index in [0.717, 1.165) is 6.07 Å². The third kappa shape index (κ3) is 3.54. The first-order valence-corrected chi connectivity index (χ1v) is 5.25. The number of nitrogens with one attached hydrogen (secondary N) is 1. The van der Waals surface area contributed by atoms with Crippen molar-refractivity contribution < 1.29 is 13.9 Å². The predicted molar refractivity (Wildman–Crippen MR) is 56.7 cm³/mol. The van der Waals surface area contributed by atoms with Gasteiger partial charge in [0.05, 0.1) is 6.61 Å². The first-order valence-electron chi connectivity index (χ1n) is 4.37. The van der Waals surface area contributed by atoms with Gasteiger partial charge in [-0.25, -0.2) is 14.2 Å². The quantitative estimate of drug-likeness (QED) is 0.451. The normalized spacial score (nSPS) is 12.1. The number of rotatable bonds is 4. The molecule has 1 atom stereocenters. The summed E-state index contributed by atoms with van der Waals surface area (Å²) in [5, 5.41) is -0.0643. The van der Waals surface area contributed by atoms with E-state index in [-0.39, 0.29) is 17.6 Å². The second kappa shape index (κ2) is 5.50. The highest BCUT2D eigenvalue weighted by Gasteiger charge is 2.21. The molecule has 0 aromatic carbocycles. The molecule has 0 aliphatic carbocycles. The largest absolute Gasteiger partial charge is 0.463 e. The Labute approximate surface area is 94.4 Å².